The lowest BCUT2D eigenvalue weighted by Gasteiger charge is -2.22. The summed E-state index contributed by atoms with van der Waals surface area (Å²) in [6, 6.07) is 0. The van der Waals surface area contributed by atoms with E-state index in [0.29, 0.717) is 11.9 Å². The van der Waals surface area contributed by atoms with E-state index in [1.54, 1.807) is 10.9 Å². The van der Waals surface area contributed by atoms with Gasteiger partial charge in [0.2, 0.25) is 5.95 Å². The van der Waals surface area contributed by atoms with Crippen molar-refractivity contribution in [1.82, 2.24) is 25.1 Å². The fourth-order valence-electron chi connectivity index (χ4n) is 2.17. The van der Waals surface area contributed by atoms with E-state index >= 15 is 0 Å². The van der Waals surface area contributed by atoms with Gasteiger partial charge in [0, 0.05) is 32.5 Å². The molecule has 1 unspecified atom stereocenters. The fraction of sp³-hybridized carbons (Fsp3) is 0.417. The molecule has 0 bridgehead atoms. The maximum atomic E-state index is 4.55. The van der Waals surface area contributed by atoms with Crippen molar-refractivity contribution in [3.63, 3.8) is 0 Å². The van der Waals surface area contributed by atoms with Crippen molar-refractivity contribution in [1.29, 1.82) is 0 Å². The zero-order valence-corrected chi connectivity index (χ0v) is 10.5. The van der Waals surface area contributed by atoms with Gasteiger partial charge in [-0.05, 0) is 11.5 Å². The Hall–Kier alpha value is -1.95. The number of nitrogens with zero attached hydrogens (tertiary/aromatic N) is 4. The first-order chi connectivity index (χ1) is 8.72. The summed E-state index contributed by atoms with van der Waals surface area (Å²) in [6.07, 6.45) is 5.57. The second-order valence-corrected chi connectivity index (χ2v) is 4.66. The van der Waals surface area contributed by atoms with Gasteiger partial charge in [-0.25, -0.2) is 9.97 Å². The van der Waals surface area contributed by atoms with Gasteiger partial charge >= 0.3 is 0 Å². The van der Waals surface area contributed by atoms with Crippen LogP contribution < -0.4 is 10.6 Å². The van der Waals surface area contributed by atoms with Gasteiger partial charge in [0.1, 0.15) is 0 Å². The first-order valence-electron chi connectivity index (χ1n) is 6.04. The molecular formula is C12H16N6. The number of nitrogens with one attached hydrogen (secondary N) is 2. The highest BCUT2D eigenvalue weighted by Gasteiger charge is 2.18. The zero-order chi connectivity index (χ0) is 12.5. The molecule has 3 heterocycles. The van der Waals surface area contributed by atoms with E-state index in [2.05, 4.69) is 32.6 Å². The number of fused-ring (bicyclic) bond motifs is 1. The van der Waals surface area contributed by atoms with Gasteiger partial charge in [0.05, 0.1) is 17.6 Å². The van der Waals surface area contributed by atoms with E-state index in [9.17, 15) is 0 Å². The predicted molar refractivity (Wildman–Crippen MR) is 68.6 cm³/mol. The highest BCUT2D eigenvalue weighted by Crippen LogP contribution is 2.22. The monoisotopic (exact) mass is 244 g/mol. The molecular weight excluding hydrogens is 228 g/mol. The van der Waals surface area contributed by atoms with Crippen LogP contribution >= 0.6 is 0 Å². The number of rotatable bonds is 2. The van der Waals surface area contributed by atoms with Crippen LogP contribution in [0.4, 0.5) is 11.6 Å². The molecule has 6 heteroatoms. The molecule has 0 radical (unpaired) electrons. The lowest BCUT2D eigenvalue weighted by atomic mass is 9.98. The molecule has 2 N–H and O–H groups in total. The van der Waals surface area contributed by atoms with Crippen LogP contribution in [0.2, 0.25) is 0 Å². The Bertz CT molecular complexity index is 561. The SMILES string of the molecule is CC1CNCc2nc(Nc3cnn(C)c3)ncc21. The summed E-state index contributed by atoms with van der Waals surface area (Å²) < 4.78 is 1.74. The molecule has 1 aliphatic heterocycles. The Balaban J connectivity index is 1.86. The number of hydrogen-bond donors (Lipinski definition) is 2. The Morgan fingerprint density at radius 2 is 2.33 bits per heavy atom. The van der Waals surface area contributed by atoms with Crippen LogP contribution in [0.25, 0.3) is 0 Å². The standard InChI is InChI=1S/C12H16N6/c1-8-3-13-6-11-10(8)5-14-12(17-11)16-9-4-15-18(2)7-9/h4-5,7-8,13H,3,6H2,1-2H3,(H,14,16,17). The summed E-state index contributed by atoms with van der Waals surface area (Å²) in [4.78, 5) is 8.91. The zero-order valence-electron chi connectivity index (χ0n) is 10.5. The van der Waals surface area contributed by atoms with E-state index in [-0.39, 0.29) is 0 Å². The first kappa shape index (κ1) is 11.2. The van der Waals surface area contributed by atoms with Crippen molar-refractivity contribution in [3.8, 4) is 0 Å². The molecule has 94 valence electrons. The minimum atomic E-state index is 0.473. The van der Waals surface area contributed by atoms with Crippen LogP contribution in [0.15, 0.2) is 18.6 Å². The third-order valence-electron chi connectivity index (χ3n) is 3.13. The number of aryl methyl sites for hydroxylation is 1. The number of aromatic nitrogens is 4. The lowest BCUT2D eigenvalue weighted by Crippen LogP contribution is -2.28. The van der Waals surface area contributed by atoms with E-state index in [1.165, 1.54) is 5.56 Å². The Morgan fingerprint density at radius 1 is 1.44 bits per heavy atom. The van der Waals surface area contributed by atoms with E-state index < -0.39 is 0 Å². The summed E-state index contributed by atoms with van der Waals surface area (Å²) in [5.41, 5.74) is 3.22. The maximum Gasteiger partial charge on any atom is 0.227 e. The van der Waals surface area contributed by atoms with Crippen LogP contribution in [-0.4, -0.2) is 26.3 Å². The van der Waals surface area contributed by atoms with Crippen molar-refractivity contribution in [3.05, 3.63) is 29.8 Å². The Kier molecular flexibility index (Phi) is 2.71. The highest BCUT2D eigenvalue weighted by atomic mass is 15.3. The first-order valence-corrected chi connectivity index (χ1v) is 6.04. The highest BCUT2D eigenvalue weighted by molar-refractivity contribution is 5.50. The molecule has 0 amide bonds. The smallest absolute Gasteiger partial charge is 0.227 e. The molecule has 0 fully saturated rings. The molecule has 3 rings (SSSR count). The number of hydrogen-bond acceptors (Lipinski definition) is 5. The minimum absolute atomic E-state index is 0.473. The van der Waals surface area contributed by atoms with Crippen LogP contribution in [0.5, 0.6) is 0 Å². The molecule has 2 aromatic rings. The van der Waals surface area contributed by atoms with Gasteiger partial charge in [-0.3, -0.25) is 4.68 Å². The third-order valence-corrected chi connectivity index (χ3v) is 3.13. The van der Waals surface area contributed by atoms with Crippen molar-refractivity contribution < 1.29 is 0 Å². The second kappa shape index (κ2) is 4.38. The summed E-state index contributed by atoms with van der Waals surface area (Å²) >= 11 is 0. The Morgan fingerprint density at radius 3 is 3.11 bits per heavy atom. The summed E-state index contributed by atoms with van der Waals surface area (Å²) in [6.45, 7) is 3.98. The molecule has 18 heavy (non-hydrogen) atoms. The Labute approximate surface area is 105 Å². The summed E-state index contributed by atoms with van der Waals surface area (Å²) in [7, 11) is 1.88. The van der Waals surface area contributed by atoms with Crippen LogP contribution in [-0.2, 0) is 13.6 Å². The minimum Gasteiger partial charge on any atom is -0.321 e. The van der Waals surface area contributed by atoms with Crippen LogP contribution in [0.1, 0.15) is 24.1 Å². The molecule has 0 aliphatic carbocycles. The molecule has 1 aliphatic rings. The molecule has 0 saturated carbocycles. The van der Waals surface area contributed by atoms with Crippen molar-refractivity contribution in [2.75, 3.05) is 11.9 Å². The summed E-state index contributed by atoms with van der Waals surface area (Å²) in [5.74, 6) is 1.10. The molecule has 0 spiro atoms. The molecule has 6 nitrogen and oxygen atoms in total. The largest absolute Gasteiger partial charge is 0.321 e. The van der Waals surface area contributed by atoms with E-state index in [0.717, 1.165) is 24.5 Å². The predicted octanol–water partition coefficient (Wildman–Crippen LogP) is 1.16. The maximum absolute atomic E-state index is 4.55. The second-order valence-electron chi connectivity index (χ2n) is 4.66. The average molecular weight is 244 g/mol. The van der Waals surface area contributed by atoms with Crippen LogP contribution in [0.3, 0.4) is 0 Å². The topological polar surface area (TPSA) is 67.7 Å². The van der Waals surface area contributed by atoms with Crippen molar-refractivity contribution >= 4 is 11.6 Å². The molecule has 0 saturated heterocycles. The third kappa shape index (κ3) is 2.06. The quantitative estimate of drug-likeness (QED) is 0.829. The van der Waals surface area contributed by atoms with Gasteiger partial charge in [-0.2, -0.15) is 5.10 Å². The van der Waals surface area contributed by atoms with Crippen LogP contribution in [0, 0.1) is 0 Å². The average Bonchev–Trinajstić information content (AvgIpc) is 2.75. The number of anilines is 2. The summed E-state index contributed by atoms with van der Waals surface area (Å²) in [5, 5.41) is 10.6. The van der Waals surface area contributed by atoms with Gasteiger partial charge < -0.3 is 10.6 Å². The van der Waals surface area contributed by atoms with Crippen molar-refractivity contribution in [2.45, 2.75) is 19.4 Å². The molecule has 0 aromatic carbocycles. The van der Waals surface area contributed by atoms with Gasteiger partial charge in [0.25, 0.3) is 0 Å². The lowest BCUT2D eigenvalue weighted by molar-refractivity contribution is 0.556. The van der Waals surface area contributed by atoms with E-state index in [1.807, 2.05) is 19.4 Å². The normalized spacial score (nSPS) is 18.4. The fourth-order valence-corrected chi connectivity index (χ4v) is 2.17. The molecule has 1 atom stereocenters. The van der Waals surface area contributed by atoms with Gasteiger partial charge in [0.15, 0.2) is 0 Å². The van der Waals surface area contributed by atoms with Gasteiger partial charge in [-0.15, -0.1) is 0 Å². The van der Waals surface area contributed by atoms with Gasteiger partial charge in [-0.1, -0.05) is 6.92 Å². The van der Waals surface area contributed by atoms with E-state index in [4.69, 9.17) is 0 Å². The van der Waals surface area contributed by atoms with Crippen molar-refractivity contribution in [2.24, 2.45) is 7.05 Å². The molecule has 2 aromatic heterocycles.